The van der Waals surface area contributed by atoms with Crippen LogP contribution in [-0.4, -0.2) is 26.2 Å². The zero-order valence-corrected chi connectivity index (χ0v) is 36.2. The number of hydrogen-bond acceptors (Lipinski definition) is 5. The van der Waals surface area contributed by atoms with Crippen LogP contribution in [0, 0.1) is 0 Å². The van der Waals surface area contributed by atoms with Gasteiger partial charge in [0, 0.05) is 33.1 Å². The maximum absolute atomic E-state index is 13.7. The SMILES string of the molecule is CCCCOc1ccc(C2(c3ccc(OCCCC)cc3)C=Cc3c4c(c5cc(NC(=O)c6ccccc6)c(OC)cc5c3O2)-c2ccc(-c3ccccc3)cc2C4(C)C)cc1. The lowest BCUT2D eigenvalue weighted by Gasteiger charge is -2.38. The third-order valence-corrected chi connectivity index (χ3v) is 12.4. The third-order valence-electron chi connectivity index (χ3n) is 12.4. The van der Waals surface area contributed by atoms with Crippen molar-refractivity contribution in [2.75, 3.05) is 25.6 Å². The average molecular weight is 820 g/mol. The van der Waals surface area contributed by atoms with Gasteiger partial charge in [0.05, 0.1) is 26.0 Å². The second-order valence-electron chi connectivity index (χ2n) is 16.8. The summed E-state index contributed by atoms with van der Waals surface area (Å²) >= 11 is 0. The Kier molecular flexibility index (Phi) is 11.1. The van der Waals surface area contributed by atoms with Crippen LogP contribution in [0.4, 0.5) is 5.69 Å². The number of unbranched alkanes of at least 4 members (excludes halogenated alkanes) is 2. The highest BCUT2D eigenvalue weighted by molar-refractivity contribution is 6.12. The highest BCUT2D eigenvalue weighted by Crippen LogP contribution is 2.59. The highest BCUT2D eigenvalue weighted by Gasteiger charge is 2.45. The number of fused-ring (bicyclic) bond motifs is 8. The van der Waals surface area contributed by atoms with Crippen LogP contribution in [0.5, 0.6) is 23.0 Å². The zero-order valence-electron chi connectivity index (χ0n) is 36.2. The summed E-state index contributed by atoms with van der Waals surface area (Å²) in [6.45, 7) is 10.3. The average Bonchev–Trinajstić information content (AvgIpc) is 3.55. The molecule has 0 unspecified atom stereocenters. The maximum Gasteiger partial charge on any atom is 0.255 e. The van der Waals surface area contributed by atoms with Gasteiger partial charge >= 0.3 is 0 Å². The van der Waals surface area contributed by atoms with Gasteiger partial charge in [-0.2, -0.15) is 0 Å². The molecule has 6 heteroatoms. The molecule has 7 aromatic carbocycles. The van der Waals surface area contributed by atoms with Gasteiger partial charge in [-0.05, 0) is 112 Å². The fraction of sp³-hybridized carbons (Fsp3) is 0.232. The number of methoxy groups -OCH3 is 1. The van der Waals surface area contributed by atoms with E-state index in [-0.39, 0.29) is 5.91 Å². The molecule has 1 aliphatic heterocycles. The lowest BCUT2D eigenvalue weighted by molar-refractivity contribution is 0.102. The van der Waals surface area contributed by atoms with E-state index < -0.39 is 11.0 Å². The van der Waals surface area contributed by atoms with Gasteiger partial charge in [-0.1, -0.05) is 132 Å². The minimum absolute atomic E-state index is 0.214. The fourth-order valence-electron chi connectivity index (χ4n) is 9.11. The lowest BCUT2D eigenvalue weighted by atomic mass is 9.76. The van der Waals surface area contributed by atoms with E-state index in [1.165, 1.54) is 16.7 Å². The summed E-state index contributed by atoms with van der Waals surface area (Å²) in [4.78, 5) is 13.7. The molecule has 9 rings (SSSR count). The van der Waals surface area contributed by atoms with Gasteiger partial charge in [-0.25, -0.2) is 0 Å². The number of rotatable bonds is 14. The Morgan fingerprint density at radius 1 is 0.677 bits per heavy atom. The predicted molar refractivity (Wildman–Crippen MR) is 252 cm³/mol. The van der Waals surface area contributed by atoms with E-state index in [0.717, 1.165) is 87.1 Å². The van der Waals surface area contributed by atoms with Crippen molar-refractivity contribution >= 4 is 28.4 Å². The molecule has 1 heterocycles. The summed E-state index contributed by atoms with van der Waals surface area (Å²) in [6, 6.07) is 47.3. The maximum atomic E-state index is 13.7. The summed E-state index contributed by atoms with van der Waals surface area (Å²) in [5.74, 6) is 2.71. The normalized spacial score (nSPS) is 14.0. The number of ether oxygens (including phenoxy) is 4. The van der Waals surface area contributed by atoms with Crippen molar-refractivity contribution < 1.29 is 23.7 Å². The molecule has 6 nitrogen and oxygen atoms in total. The van der Waals surface area contributed by atoms with Crippen LogP contribution in [0.2, 0.25) is 0 Å². The van der Waals surface area contributed by atoms with Crippen molar-refractivity contribution in [1.29, 1.82) is 0 Å². The minimum atomic E-state index is -1.01. The van der Waals surface area contributed by atoms with Gasteiger partial charge in [0.1, 0.15) is 23.0 Å². The van der Waals surface area contributed by atoms with E-state index in [1.807, 2.05) is 60.7 Å². The molecule has 0 aromatic heterocycles. The van der Waals surface area contributed by atoms with Crippen LogP contribution < -0.4 is 24.3 Å². The zero-order chi connectivity index (χ0) is 42.8. The molecule has 2 aliphatic rings. The first-order valence-corrected chi connectivity index (χ1v) is 21.9. The molecule has 1 N–H and O–H groups in total. The third kappa shape index (κ3) is 7.27. The molecule has 0 atom stereocenters. The van der Waals surface area contributed by atoms with Crippen LogP contribution in [0.15, 0.2) is 146 Å². The van der Waals surface area contributed by atoms with Gasteiger partial charge < -0.3 is 24.3 Å². The Morgan fingerprint density at radius 2 is 1.29 bits per heavy atom. The molecule has 62 heavy (non-hydrogen) atoms. The van der Waals surface area contributed by atoms with Crippen molar-refractivity contribution in [3.05, 3.63) is 179 Å². The van der Waals surface area contributed by atoms with Gasteiger partial charge in [-0.3, -0.25) is 4.79 Å². The van der Waals surface area contributed by atoms with E-state index in [4.69, 9.17) is 18.9 Å². The van der Waals surface area contributed by atoms with E-state index in [2.05, 4.69) is 124 Å². The summed E-state index contributed by atoms with van der Waals surface area (Å²) < 4.78 is 26.0. The van der Waals surface area contributed by atoms with E-state index in [0.29, 0.717) is 30.2 Å². The van der Waals surface area contributed by atoms with Crippen molar-refractivity contribution in [2.24, 2.45) is 0 Å². The molecule has 0 fully saturated rings. The molecule has 7 aromatic rings. The minimum Gasteiger partial charge on any atom is -0.495 e. The largest absolute Gasteiger partial charge is 0.495 e. The Hall–Kier alpha value is -6.79. The molecule has 312 valence electrons. The number of hydrogen-bond donors (Lipinski definition) is 1. The Labute approximate surface area is 365 Å². The molecular weight excluding hydrogens is 767 g/mol. The number of anilines is 1. The van der Waals surface area contributed by atoms with Crippen LogP contribution in [0.25, 0.3) is 39.1 Å². The van der Waals surface area contributed by atoms with Crippen molar-refractivity contribution in [3.8, 4) is 45.3 Å². The number of carbonyl (C=O) groups excluding carboxylic acids is 1. The summed E-state index contributed by atoms with van der Waals surface area (Å²) in [6.07, 6.45) is 8.59. The first-order chi connectivity index (χ1) is 30.2. The quantitative estimate of drug-likeness (QED) is 0.111. The topological polar surface area (TPSA) is 66.0 Å². The Balaban J connectivity index is 1.26. The molecule has 1 amide bonds. The summed E-state index contributed by atoms with van der Waals surface area (Å²) in [5.41, 5.74) is 9.69. The Morgan fingerprint density at radius 3 is 1.89 bits per heavy atom. The van der Waals surface area contributed by atoms with Crippen LogP contribution >= 0.6 is 0 Å². The Bertz CT molecular complexity index is 2720. The highest BCUT2D eigenvalue weighted by atomic mass is 16.5. The monoisotopic (exact) mass is 819 g/mol. The predicted octanol–water partition coefficient (Wildman–Crippen LogP) is 13.8. The van der Waals surface area contributed by atoms with Gasteiger partial charge in [0.25, 0.3) is 5.91 Å². The number of benzene rings is 7. The van der Waals surface area contributed by atoms with E-state index in [1.54, 1.807) is 7.11 Å². The van der Waals surface area contributed by atoms with Crippen LogP contribution in [0.3, 0.4) is 0 Å². The second kappa shape index (κ2) is 16.9. The lowest BCUT2D eigenvalue weighted by Crippen LogP contribution is -2.35. The van der Waals surface area contributed by atoms with Gasteiger partial charge in [0.15, 0.2) is 5.60 Å². The van der Waals surface area contributed by atoms with Crippen molar-refractivity contribution in [2.45, 2.75) is 64.4 Å². The first kappa shape index (κ1) is 40.6. The number of amides is 1. The van der Waals surface area contributed by atoms with Gasteiger partial charge in [-0.15, -0.1) is 0 Å². The fourth-order valence-corrected chi connectivity index (χ4v) is 9.11. The standard InChI is InChI=1S/C56H53NO5/c1-6-8-32-60-42-25-21-40(22-26-42)56(41-23-27-43(28-24-41)61-33-9-7-2)31-30-45-52-51(44-29-20-39(34-48(44)55(52,3)4)37-16-12-10-13-17-37)46-35-49(50(59-5)36-47(46)53(45)62-56)57-54(58)38-18-14-11-15-19-38/h10-31,34-36H,6-9,32-33H2,1-5H3,(H,57,58). The van der Waals surface area contributed by atoms with E-state index >= 15 is 0 Å². The molecule has 0 radical (unpaired) electrons. The van der Waals surface area contributed by atoms with Crippen molar-refractivity contribution in [1.82, 2.24) is 0 Å². The molecular formula is C56H53NO5. The number of carbonyl (C=O) groups is 1. The first-order valence-electron chi connectivity index (χ1n) is 21.9. The van der Waals surface area contributed by atoms with Gasteiger partial charge in [0.2, 0.25) is 0 Å². The molecule has 0 saturated carbocycles. The summed E-state index contributed by atoms with van der Waals surface area (Å²) in [5, 5.41) is 5.04. The molecule has 0 bridgehead atoms. The van der Waals surface area contributed by atoms with Crippen LogP contribution in [-0.2, 0) is 11.0 Å². The number of nitrogens with one attached hydrogen (secondary N) is 1. The van der Waals surface area contributed by atoms with Crippen molar-refractivity contribution in [3.63, 3.8) is 0 Å². The summed E-state index contributed by atoms with van der Waals surface area (Å²) in [7, 11) is 1.64. The van der Waals surface area contributed by atoms with Crippen LogP contribution in [0.1, 0.15) is 91.6 Å². The molecule has 0 saturated heterocycles. The van der Waals surface area contributed by atoms with E-state index in [9.17, 15) is 4.79 Å². The molecule has 0 spiro atoms. The smallest absolute Gasteiger partial charge is 0.255 e. The molecule has 1 aliphatic carbocycles. The second-order valence-corrected chi connectivity index (χ2v) is 16.8.